The fourth-order valence-corrected chi connectivity index (χ4v) is 2.21. The van der Waals surface area contributed by atoms with Crippen molar-refractivity contribution in [3.05, 3.63) is 46.0 Å². The lowest BCUT2D eigenvalue weighted by molar-refractivity contribution is 0.449. The van der Waals surface area contributed by atoms with Gasteiger partial charge in [-0.15, -0.1) is 0 Å². The molecule has 0 aliphatic rings. The average Bonchev–Trinajstić information content (AvgIpc) is 2.70. The van der Waals surface area contributed by atoms with Gasteiger partial charge in [0.25, 0.3) is 0 Å². The van der Waals surface area contributed by atoms with E-state index in [2.05, 4.69) is 10.4 Å². The second kappa shape index (κ2) is 5.75. The molecule has 0 radical (unpaired) electrons. The minimum absolute atomic E-state index is 0.126. The van der Waals surface area contributed by atoms with Crippen molar-refractivity contribution in [2.24, 2.45) is 7.05 Å². The third kappa shape index (κ3) is 2.60. The lowest BCUT2D eigenvalue weighted by Crippen LogP contribution is -2.08. The number of hydrogen-bond acceptors (Lipinski definition) is 2. The quantitative estimate of drug-likeness (QED) is 0.874. The maximum absolute atomic E-state index is 13.5. The number of nitrogens with one attached hydrogen (secondary N) is 1. The van der Waals surface area contributed by atoms with Crippen LogP contribution in [-0.4, -0.2) is 9.78 Å². The summed E-state index contributed by atoms with van der Waals surface area (Å²) in [7, 11) is 1.71. The van der Waals surface area contributed by atoms with Gasteiger partial charge < -0.3 is 5.32 Å². The van der Waals surface area contributed by atoms with Crippen LogP contribution in [0.3, 0.4) is 0 Å². The summed E-state index contributed by atoms with van der Waals surface area (Å²) in [5, 5.41) is 7.39. The first-order valence-electron chi connectivity index (χ1n) is 6.03. The highest BCUT2D eigenvalue weighted by molar-refractivity contribution is 6.31. The lowest BCUT2D eigenvalue weighted by atomic mass is 10.2. The third-order valence-corrected chi connectivity index (χ3v) is 3.42. The van der Waals surface area contributed by atoms with Gasteiger partial charge in [0, 0.05) is 7.05 Å². The number of halogens is 4. The molecule has 0 amide bonds. The Hall–Kier alpha value is -1.69. The van der Waals surface area contributed by atoms with E-state index in [1.165, 1.54) is 0 Å². The zero-order valence-corrected chi connectivity index (χ0v) is 11.7. The first-order valence-corrected chi connectivity index (χ1v) is 6.41. The molecule has 0 unspecified atom stereocenters. The molecule has 0 saturated heterocycles. The normalized spacial score (nSPS) is 10.9. The Morgan fingerprint density at radius 3 is 2.55 bits per heavy atom. The van der Waals surface area contributed by atoms with Crippen molar-refractivity contribution >= 4 is 17.3 Å². The fraction of sp³-hybridized carbons (Fsp3) is 0.308. The van der Waals surface area contributed by atoms with Crippen LogP contribution >= 0.6 is 11.6 Å². The monoisotopic (exact) mass is 303 g/mol. The number of hydrogen-bond donors (Lipinski definition) is 1. The van der Waals surface area contributed by atoms with E-state index in [0.29, 0.717) is 17.1 Å². The standard InChI is InChI=1S/C13H13ClF3N3/c1-3-8-11(14)10(20(2)19-8)6-18-9-5-4-7(15)12(16)13(9)17/h4-5,18H,3,6H2,1-2H3. The molecule has 0 aliphatic heterocycles. The van der Waals surface area contributed by atoms with Gasteiger partial charge >= 0.3 is 0 Å². The van der Waals surface area contributed by atoms with Crippen LogP contribution in [0.1, 0.15) is 18.3 Å². The summed E-state index contributed by atoms with van der Waals surface area (Å²) in [4.78, 5) is 0. The topological polar surface area (TPSA) is 29.9 Å². The number of benzene rings is 1. The predicted molar refractivity (Wildman–Crippen MR) is 71.2 cm³/mol. The van der Waals surface area contributed by atoms with Gasteiger partial charge in [-0.3, -0.25) is 4.68 Å². The number of aryl methyl sites for hydroxylation is 2. The van der Waals surface area contributed by atoms with Crippen LogP contribution in [0.2, 0.25) is 5.02 Å². The van der Waals surface area contributed by atoms with Gasteiger partial charge in [-0.25, -0.2) is 13.2 Å². The zero-order valence-electron chi connectivity index (χ0n) is 11.0. The lowest BCUT2D eigenvalue weighted by Gasteiger charge is -2.09. The highest BCUT2D eigenvalue weighted by Crippen LogP contribution is 2.24. The molecule has 0 saturated carbocycles. The highest BCUT2D eigenvalue weighted by Gasteiger charge is 2.16. The van der Waals surface area contributed by atoms with Crippen molar-refractivity contribution in [2.45, 2.75) is 19.9 Å². The van der Waals surface area contributed by atoms with Gasteiger partial charge in [-0.1, -0.05) is 18.5 Å². The molecule has 108 valence electrons. The molecular weight excluding hydrogens is 291 g/mol. The van der Waals surface area contributed by atoms with E-state index in [1.807, 2.05) is 6.92 Å². The summed E-state index contributed by atoms with van der Waals surface area (Å²) in [5.41, 5.74) is 1.25. The van der Waals surface area contributed by atoms with Gasteiger partial charge in [0.15, 0.2) is 17.5 Å². The molecule has 2 rings (SSSR count). The first kappa shape index (κ1) is 14.7. The van der Waals surface area contributed by atoms with E-state index in [1.54, 1.807) is 11.7 Å². The van der Waals surface area contributed by atoms with Crippen LogP contribution in [0.4, 0.5) is 18.9 Å². The second-order valence-corrected chi connectivity index (χ2v) is 4.64. The molecule has 1 aromatic carbocycles. The number of aromatic nitrogens is 2. The van der Waals surface area contributed by atoms with Crippen LogP contribution < -0.4 is 5.32 Å². The molecule has 0 atom stereocenters. The van der Waals surface area contributed by atoms with E-state index < -0.39 is 17.5 Å². The van der Waals surface area contributed by atoms with Crippen molar-refractivity contribution in [1.82, 2.24) is 9.78 Å². The number of nitrogens with zero attached hydrogens (tertiary/aromatic N) is 2. The highest BCUT2D eigenvalue weighted by atomic mass is 35.5. The van der Waals surface area contributed by atoms with Crippen molar-refractivity contribution in [2.75, 3.05) is 5.32 Å². The Bertz CT molecular complexity index is 640. The zero-order chi connectivity index (χ0) is 14.9. The summed E-state index contributed by atoms with van der Waals surface area (Å²) >= 11 is 6.14. The van der Waals surface area contributed by atoms with Crippen LogP contribution in [-0.2, 0) is 20.0 Å². The Balaban J connectivity index is 2.21. The SMILES string of the molecule is CCc1nn(C)c(CNc2ccc(F)c(F)c2F)c1Cl. The average molecular weight is 304 g/mol. The molecule has 20 heavy (non-hydrogen) atoms. The van der Waals surface area contributed by atoms with Crippen molar-refractivity contribution in [3.63, 3.8) is 0 Å². The fourth-order valence-electron chi connectivity index (χ4n) is 1.85. The van der Waals surface area contributed by atoms with Crippen LogP contribution in [0, 0.1) is 17.5 Å². The van der Waals surface area contributed by atoms with E-state index >= 15 is 0 Å². The van der Waals surface area contributed by atoms with E-state index in [9.17, 15) is 13.2 Å². The Morgan fingerprint density at radius 1 is 1.25 bits per heavy atom. The summed E-state index contributed by atoms with van der Waals surface area (Å²) in [5.74, 6) is -3.97. The molecule has 0 aliphatic carbocycles. The first-order chi connectivity index (χ1) is 9.45. The van der Waals surface area contributed by atoms with Crippen molar-refractivity contribution < 1.29 is 13.2 Å². The van der Waals surface area contributed by atoms with Crippen LogP contribution in [0.25, 0.3) is 0 Å². The van der Waals surface area contributed by atoms with E-state index in [-0.39, 0.29) is 12.2 Å². The van der Waals surface area contributed by atoms with Gasteiger partial charge in [-0.05, 0) is 18.6 Å². The molecule has 1 aromatic heterocycles. The van der Waals surface area contributed by atoms with E-state index in [4.69, 9.17) is 11.6 Å². The summed E-state index contributed by atoms with van der Waals surface area (Å²) in [6, 6.07) is 2.00. The molecule has 3 nitrogen and oxygen atoms in total. The number of anilines is 1. The summed E-state index contributed by atoms with van der Waals surface area (Å²) in [6.07, 6.45) is 0.673. The molecular formula is C13H13ClF3N3. The Kier molecular flexibility index (Phi) is 4.23. The minimum atomic E-state index is -1.50. The molecule has 1 heterocycles. The molecule has 7 heteroatoms. The minimum Gasteiger partial charge on any atom is -0.377 e. The molecule has 0 fully saturated rings. The van der Waals surface area contributed by atoms with Crippen molar-refractivity contribution in [1.29, 1.82) is 0 Å². The largest absolute Gasteiger partial charge is 0.377 e. The second-order valence-electron chi connectivity index (χ2n) is 4.26. The molecule has 2 aromatic rings. The maximum atomic E-state index is 13.5. The molecule has 0 spiro atoms. The predicted octanol–water partition coefficient (Wildman–Crippen LogP) is 3.67. The van der Waals surface area contributed by atoms with Gasteiger partial charge in [0.05, 0.1) is 28.6 Å². The van der Waals surface area contributed by atoms with Gasteiger partial charge in [-0.2, -0.15) is 5.10 Å². The van der Waals surface area contributed by atoms with Gasteiger partial charge in [0.1, 0.15) is 0 Å². The van der Waals surface area contributed by atoms with Gasteiger partial charge in [0.2, 0.25) is 0 Å². The third-order valence-electron chi connectivity index (χ3n) is 2.98. The molecule has 0 bridgehead atoms. The summed E-state index contributed by atoms with van der Waals surface area (Å²) < 4.78 is 41.0. The Labute approximate surface area is 119 Å². The van der Waals surface area contributed by atoms with Crippen LogP contribution in [0.5, 0.6) is 0 Å². The van der Waals surface area contributed by atoms with E-state index in [0.717, 1.165) is 17.8 Å². The maximum Gasteiger partial charge on any atom is 0.196 e. The molecule has 1 N–H and O–H groups in total. The smallest absolute Gasteiger partial charge is 0.196 e. The Morgan fingerprint density at radius 2 is 1.95 bits per heavy atom. The van der Waals surface area contributed by atoms with Crippen LogP contribution in [0.15, 0.2) is 12.1 Å². The van der Waals surface area contributed by atoms with Crippen molar-refractivity contribution in [3.8, 4) is 0 Å². The summed E-state index contributed by atoms with van der Waals surface area (Å²) in [6.45, 7) is 2.07. The number of rotatable bonds is 4.